The van der Waals surface area contributed by atoms with Gasteiger partial charge in [0, 0.05) is 13.1 Å². The van der Waals surface area contributed by atoms with Crippen LogP contribution in [0.2, 0.25) is 0 Å². The van der Waals surface area contributed by atoms with Gasteiger partial charge < -0.3 is 15.4 Å². The van der Waals surface area contributed by atoms with Gasteiger partial charge in [-0.25, -0.2) is 4.79 Å². The van der Waals surface area contributed by atoms with Crippen LogP contribution in [0.15, 0.2) is 18.2 Å². The fourth-order valence-corrected chi connectivity index (χ4v) is 2.95. The minimum atomic E-state index is -0.457. The Morgan fingerprint density at radius 1 is 1.26 bits per heavy atom. The van der Waals surface area contributed by atoms with E-state index in [4.69, 9.17) is 4.74 Å². The van der Waals surface area contributed by atoms with Gasteiger partial charge in [-0.05, 0) is 65.0 Å². The van der Waals surface area contributed by atoms with Gasteiger partial charge in [-0.15, -0.1) is 0 Å². The molecule has 1 fully saturated rings. The predicted octanol–water partition coefficient (Wildman–Crippen LogP) is 3.84. The Bertz CT molecular complexity index is 557. The molecule has 1 aromatic rings. The predicted molar refractivity (Wildman–Crippen MR) is 93.6 cm³/mol. The van der Waals surface area contributed by atoms with Crippen molar-refractivity contribution >= 4 is 6.09 Å². The first-order chi connectivity index (χ1) is 10.7. The van der Waals surface area contributed by atoms with E-state index in [-0.39, 0.29) is 11.6 Å². The maximum Gasteiger partial charge on any atom is 0.408 e. The number of hydrogen-bond acceptors (Lipinski definition) is 3. The summed E-state index contributed by atoms with van der Waals surface area (Å²) in [7, 11) is 0. The van der Waals surface area contributed by atoms with Crippen LogP contribution < -0.4 is 10.6 Å². The number of rotatable bonds is 5. The molecule has 1 aliphatic rings. The molecule has 2 N–H and O–H groups in total. The van der Waals surface area contributed by atoms with Gasteiger partial charge in [0.25, 0.3) is 0 Å². The summed E-state index contributed by atoms with van der Waals surface area (Å²) in [5.41, 5.74) is 3.29. The zero-order chi connectivity index (χ0) is 17.1. The molecule has 1 aromatic carbocycles. The van der Waals surface area contributed by atoms with Crippen LogP contribution in [-0.4, -0.2) is 23.8 Å². The Morgan fingerprint density at radius 2 is 1.96 bits per heavy atom. The number of ether oxygens (including phenoxy) is 1. The molecular weight excluding hydrogens is 288 g/mol. The molecule has 1 saturated carbocycles. The Balaban J connectivity index is 1.86. The third-order valence-corrected chi connectivity index (χ3v) is 4.35. The van der Waals surface area contributed by atoms with Gasteiger partial charge in [-0.3, -0.25) is 0 Å². The van der Waals surface area contributed by atoms with Crippen molar-refractivity contribution in [3.05, 3.63) is 34.9 Å². The molecule has 0 bridgehead atoms. The molecular formula is C19H30N2O2. The first-order valence-corrected chi connectivity index (χ1v) is 8.47. The SMILES string of the molecule is Cc1ccc(CNCC2(NC(=O)OC(C)(C)C)CCC2)c(C)c1. The van der Waals surface area contributed by atoms with Crippen LogP contribution in [-0.2, 0) is 11.3 Å². The summed E-state index contributed by atoms with van der Waals surface area (Å²) >= 11 is 0. The van der Waals surface area contributed by atoms with Crippen molar-refractivity contribution in [1.29, 1.82) is 0 Å². The van der Waals surface area contributed by atoms with Gasteiger partial charge in [0.05, 0.1) is 5.54 Å². The largest absolute Gasteiger partial charge is 0.444 e. The van der Waals surface area contributed by atoms with E-state index in [9.17, 15) is 4.79 Å². The molecule has 0 saturated heterocycles. The van der Waals surface area contributed by atoms with Crippen molar-refractivity contribution in [2.75, 3.05) is 6.54 Å². The highest BCUT2D eigenvalue weighted by Crippen LogP contribution is 2.31. The number of alkyl carbamates (subject to hydrolysis) is 1. The maximum atomic E-state index is 12.0. The lowest BCUT2D eigenvalue weighted by Crippen LogP contribution is -2.59. The molecule has 4 heteroatoms. The van der Waals surface area contributed by atoms with E-state index >= 15 is 0 Å². The fraction of sp³-hybridized carbons (Fsp3) is 0.632. The van der Waals surface area contributed by atoms with E-state index < -0.39 is 5.60 Å². The third kappa shape index (κ3) is 5.24. The average Bonchev–Trinajstić information content (AvgIpc) is 2.36. The van der Waals surface area contributed by atoms with Crippen molar-refractivity contribution in [1.82, 2.24) is 10.6 Å². The molecule has 0 spiro atoms. The highest BCUT2D eigenvalue weighted by Gasteiger charge is 2.39. The second-order valence-electron chi connectivity index (χ2n) is 7.79. The lowest BCUT2D eigenvalue weighted by molar-refractivity contribution is 0.0382. The number of aryl methyl sites for hydroxylation is 2. The van der Waals surface area contributed by atoms with E-state index in [1.165, 1.54) is 16.7 Å². The van der Waals surface area contributed by atoms with E-state index in [0.717, 1.165) is 32.4 Å². The number of nitrogens with one attached hydrogen (secondary N) is 2. The van der Waals surface area contributed by atoms with Gasteiger partial charge in [-0.1, -0.05) is 23.8 Å². The number of carbonyl (C=O) groups is 1. The normalized spacial score (nSPS) is 16.6. The molecule has 0 atom stereocenters. The quantitative estimate of drug-likeness (QED) is 0.867. The van der Waals surface area contributed by atoms with Gasteiger partial charge >= 0.3 is 6.09 Å². The third-order valence-electron chi connectivity index (χ3n) is 4.35. The molecule has 0 heterocycles. The van der Waals surface area contributed by atoms with Gasteiger partial charge in [-0.2, -0.15) is 0 Å². The molecule has 4 nitrogen and oxygen atoms in total. The summed E-state index contributed by atoms with van der Waals surface area (Å²) in [4.78, 5) is 12.0. The maximum absolute atomic E-state index is 12.0. The van der Waals surface area contributed by atoms with Crippen molar-refractivity contribution in [3.63, 3.8) is 0 Å². The Hall–Kier alpha value is -1.55. The van der Waals surface area contributed by atoms with E-state index in [1.54, 1.807) is 0 Å². The topological polar surface area (TPSA) is 50.4 Å². The summed E-state index contributed by atoms with van der Waals surface area (Å²) in [5, 5.41) is 6.58. The summed E-state index contributed by atoms with van der Waals surface area (Å²) in [5.74, 6) is 0. The minimum Gasteiger partial charge on any atom is -0.444 e. The molecule has 0 radical (unpaired) electrons. The zero-order valence-electron chi connectivity index (χ0n) is 15.1. The highest BCUT2D eigenvalue weighted by molar-refractivity contribution is 5.69. The number of amides is 1. The molecule has 0 unspecified atom stereocenters. The van der Waals surface area contributed by atoms with Gasteiger partial charge in [0.15, 0.2) is 0 Å². The number of carbonyl (C=O) groups excluding carboxylic acids is 1. The van der Waals surface area contributed by atoms with Crippen LogP contribution in [0.25, 0.3) is 0 Å². The Labute approximate surface area is 140 Å². The standard InChI is InChI=1S/C19H30N2O2/c1-14-7-8-16(15(2)11-14)12-20-13-19(9-6-10-19)21-17(22)23-18(3,4)5/h7-8,11,20H,6,9-10,12-13H2,1-5H3,(H,21,22). The molecule has 128 valence electrons. The van der Waals surface area contributed by atoms with Crippen molar-refractivity contribution in [2.24, 2.45) is 0 Å². The summed E-state index contributed by atoms with van der Waals surface area (Å²) in [6.45, 7) is 11.5. The Morgan fingerprint density at radius 3 is 2.48 bits per heavy atom. The van der Waals surface area contributed by atoms with E-state index in [0.29, 0.717) is 0 Å². The van der Waals surface area contributed by atoms with Gasteiger partial charge in [0.1, 0.15) is 5.60 Å². The lowest BCUT2D eigenvalue weighted by atomic mass is 9.76. The van der Waals surface area contributed by atoms with Crippen molar-refractivity contribution in [2.45, 2.75) is 71.6 Å². The van der Waals surface area contributed by atoms with Crippen LogP contribution in [0, 0.1) is 13.8 Å². The second kappa shape index (κ2) is 6.91. The molecule has 1 amide bonds. The molecule has 2 rings (SSSR count). The minimum absolute atomic E-state index is 0.152. The molecule has 0 aromatic heterocycles. The molecule has 23 heavy (non-hydrogen) atoms. The van der Waals surface area contributed by atoms with E-state index in [2.05, 4.69) is 42.7 Å². The van der Waals surface area contributed by atoms with Crippen LogP contribution in [0.4, 0.5) is 4.79 Å². The zero-order valence-corrected chi connectivity index (χ0v) is 15.1. The lowest BCUT2D eigenvalue weighted by Gasteiger charge is -2.43. The second-order valence-corrected chi connectivity index (χ2v) is 7.79. The molecule has 0 aliphatic heterocycles. The molecule has 1 aliphatic carbocycles. The Kier molecular flexibility index (Phi) is 5.35. The van der Waals surface area contributed by atoms with Crippen LogP contribution in [0.5, 0.6) is 0 Å². The summed E-state index contributed by atoms with van der Waals surface area (Å²) < 4.78 is 5.39. The van der Waals surface area contributed by atoms with Crippen molar-refractivity contribution in [3.8, 4) is 0 Å². The van der Waals surface area contributed by atoms with Crippen molar-refractivity contribution < 1.29 is 9.53 Å². The summed E-state index contributed by atoms with van der Waals surface area (Å²) in [6, 6.07) is 6.52. The fourth-order valence-electron chi connectivity index (χ4n) is 2.95. The average molecular weight is 318 g/mol. The number of benzene rings is 1. The van der Waals surface area contributed by atoms with Crippen LogP contribution in [0.1, 0.15) is 56.7 Å². The van der Waals surface area contributed by atoms with Gasteiger partial charge in [0.2, 0.25) is 0 Å². The highest BCUT2D eigenvalue weighted by atomic mass is 16.6. The van der Waals surface area contributed by atoms with Crippen LogP contribution in [0.3, 0.4) is 0 Å². The first-order valence-electron chi connectivity index (χ1n) is 8.47. The van der Waals surface area contributed by atoms with E-state index in [1.807, 2.05) is 20.8 Å². The smallest absolute Gasteiger partial charge is 0.408 e. The summed E-state index contributed by atoms with van der Waals surface area (Å²) in [6.07, 6.45) is 2.85. The first kappa shape index (κ1) is 17.8. The van der Waals surface area contributed by atoms with Crippen LogP contribution >= 0.6 is 0 Å². The monoisotopic (exact) mass is 318 g/mol. The number of hydrogen-bond donors (Lipinski definition) is 2.